The summed E-state index contributed by atoms with van der Waals surface area (Å²) in [6.45, 7) is 5.98. The van der Waals surface area contributed by atoms with Gasteiger partial charge in [0.25, 0.3) is 5.91 Å². The first-order chi connectivity index (χ1) is 14.9. The fraction of sp³-hybridized carbons (Fsp3) is 0.435. The average molecular weight is 427 g/mol. The largest absolute Gasteiger partial charge is 0.373 e. The van der Waals surface area contributed by atoms with E-state index in [-0.39, 0.29) is 43.4 Å². The predicted molar refractivity (Wildman–Crippen MR) is 118 cm³/mol. The predicted octanol–water partition coefficient (Wildman–Crippen LogP) is 1.15. The molecule has 0 spiro atoms. The van der Waals surface area contributed by atoms with Crippen LogP contribution < -0.4 is 16.2 Å². The Morgan fingerprint density at radius 3 is 2.39 bits per heavy atom. The third-order valence-corrected chi connectivity index (χ3v) is 5.17. The van der Waals surface area contributed by atoms with Crippen LogP contribution >= 0.6 is 0 Å². The summed E-state index contributed by atoms with van der Waals surface area (Å²) in [7, 11) is 0. The Hall–Kier alpha value is -2.97. The van der Waals surface area contributed by atoms with E-state index in [0.717, 1.165) is 29.4 Å². The minimum atomic E-state index is -0.478. The molecule has 3 N–H and O–H groups in total. The van der Waals surface area contributed by atoms with E-state index in [9.17, 15) is 14.4 Å². The van der Waals surface area contributed by atoms with Crippen molar-refractivity contribution in [2.24, 2.45) is 0 Å². The van der Waals surface area contributed by atoms with Gasteiger partial charge in [-0.3, -0.25) is 30.1 Å². The number of rotatable bonds is 7. The van der Waals surface area contributed by atoms with Gasteiger partial charge in [0.2, 0.25) is 11.8 Å². The number of hydrogen-bond donors (Lipinski definition) is 3. The first-order valence-electron chi connectivity index (χ1n) is 10.6. The van der Waals surface area contributed by atoms with Gasteiger partial charge in [0.1, 0.15) is 0 Å². The first-order valence-corrected chi connectivity index (χ1v) is 10.6. The van der Waals surface area contributed by atoms with Crippen LogP contribution in [0.25, 0.3) is 10.8 Å². The summed E-state index contributed by atoms with van der Waals surface area (Å²) in [6.07, 6.45) is 0.734. The number of fused-ring (bicyclic) bond motifs is 1. The molecule has 3 rings (SSSR count). The molecular formula is C23H30N4O4. The second-order valence-corrected chi connectivity index (χ2v) is 7.96. The minimum Gasteiger partial charge on any atom is -0.373 e. The molecule has 2 aromatic rings. The number of benzene rings is 2. The number of carbonyl (C=O) groups excluding carboxylic acids is 3. The number of hydrazine groups is 1. The molecule has 0 aliphatic carbocycles. The summed E-state index contributed by atoms with van der Waals surface area (Å²) >= 11 is 0. The van der Waals surface area contributed by atoms with E-state index in [0.29, 0.717) is 6.54 Å². The van der Waals surface area contributed by atoms with Crippen molar-refractivity contribution in [1.82, 2.24) is 21.1 Å². The third-order valence-electron chi connectivity index (χ3n) is 5.17. The van der Waals surface area contributed by atoms with Crippen LogP contribution in [0.3, 0.4) is 0 Å². The Labute approximate surface area is 182 Å². The van der Waals surface area contributed by atoms with Crippen LogP contribution in [0.2, 0.25) is 0 Å². The lowest BCUT2D eigenvalue weighted by molar-refractivity contribution is -0.130. The van der Waals surface area contributed by atoms with E-state index < -0.39 is 5.91 Å². The van der Waals surface area contributed by atoms with Crippen molar-refractivity contribution in [1.29, 1.82) is 0 Å². The van der Waals surface area contributed by atoms with Crippen LogP contribution in [0.1, 0.15) is 25.8 Å². The highest BCUT2D eigenvalue weighted by Crippen LogP contribution is 2.18. The van der Waals surface area contributed by atoms with E-state index >= 15 is 0 Å². The number of carbonyl (C=O) groups is 3. The van der Waals surface area contributed by atoms with Crippen LogP contribution in [0, 0.1) is 0 Å². The molecule has 166 valence electrons. The van der Waals surface area contributed by atoms with Crippen molar-refractivity contribution in [3.63, 3.8) is 0 Å². The van der Waals surface area contributed by atoms with Crippen LogP contribution in [0.15, 0.2) is 42.5 Å². The van der Waals surface area contributed by atoms with Crippen molar-refractivity contribution in [3.8, 4) is 0 Å². The van der Waals surface area contributed by atoms with Gasteiger partial charge >= 0.3 is 0 Å². The number of hydrogen-bond acceptors (Lipinski definition) is 5. The van der Waals surface area contributed by atoms with Gasteiger partial charge in [-0.15, -0.1) is 0 Å². The smallest absolute Gasteiger partial charge is 0.257 e. The zero-order valence-corrected chi connectivity index (χ0v) is 18.0. The molecule has 0 radical (unpaired) electrons. The molecule has 2 aromatic carbocycles. The SMILES string of the molecule is C[C@H]1CN(CCC(=O)NNC(=O)CNC(=O)Cc2cccc3ccccc23)C[C@H](C)O1. The quantitative estimate of drug-likeness (QED) is 0.577. The zero-order chi connectivity index (χ0) is 22.2. The molecule has 0 aromatic heterocycles. The monoisotopic (exact) mass is 426 g/mol. The highest BCUT2D eigenvalue weighted by molar-refractivity contribution is 5.91. The molecule has 1 heterocycles. The summed E-state index contributed by atoms with van der Waals surface area (Å²) in [5.41, 5.74) is 5.63. The number of ether oxygens (including phenoxy) is 1. The van der Waals surface area contributed by atoms with Gasteiger partial charge in [-0.05, 0) is 30.2 Å². The average Bonchev–Trinajstić information content (AvgIpc) is 2.74. The summed E-state index contributed by atoms with van der Waals surface area (Å²) in [4.78, 5) is 38.3. The van der Waals surface area contributed by atoms with Gasteiger partial charge in [-0.25, -0.2) is 0 Å². The van der Waals surface area contributed by atoms with Crippen molar-refractivity contribution >= 4 is 28.5 Å². The summed E-state index contributed by atoms with van der Waals surface area (Å²) in [5.74, 6) is -1.01. The molecule has 1 aliphatic heterocycles. The van der Waals surface area contributed by atoms with Gasteiger partial charge in [0, 0.05) is 26.1 Å². The highest BCUT2D eigenvalue weighted by atomic mass is 16.5. The van der Waals surface area contributed by atoms with Crippen molar-refractivity contribution in [3.05, 3.63) is 48.0 Å². The molecule has 1 fully saturated rings. The van der Waals surface area contributed by atoms with E-state index in [4.69, 9.17) is 4.74 Å². The number of morpholine rings is 1. The van der Waals surface area contributed by atoms with E-state index in [1.807, 2.05) is 56.3 Å². The molecule has 0 bridgehead atoms. The topological polar surface area (TPSA) is 99.8 Å². The highest BCUT2D eigenvalue weighted by Gasteiger charge is 2.22. The van der Waals surface area contributed by atoms with Crippen molar-refractivity contribution < 1.29 is 19.1 Å². The number of nitrogens with one attached hydrogen (secondary N) is 3. The Morgan fingerprint density at radius 1 is 0.935 bits per heavy atom. The summed E-state index contributed by atoms with van der Waals surface area (Å²) in [6, 6.07) is 13.6. The van der Waals surface area contributed by atoms with Crippen LogP contribution in [0.4, 0.5) is 0 Å². The Kier molecular flexibility index (Phi) is 7.97. The van der Waals surface area contributed by atoms with Crippen LogP contribution in [-0.4, -0.2) is 61.0 Å². The van der Waals surface area contributed by atoms with E-state index in [1.54, 1.807) is 0 Å². The van der Waals surface area contributed by atoms with Crippen LogP contribution in [0.5, 0.6) is 0 Å². The molecule has 3 amide bonds. The number of nitrogens with zero attached hydrogens (tertiary/aromatic N) is 1. The lowest BCUT2D eigenvalue weighted by Gasteiger charge is -2.35. The molecule has 0 saturated carbocycles. The van der Waals surface area contributed by atoms with Crippen molar-refractivity contribution in [2.75, 3.05) is 26.2 Å². The summed E-state index contributed by atoms with van der Waals surface area (Å²) < 4.78 is 5.67. The van der Waals surface area contributed by atoms with Gasteiger partial charge in [-0.1, -0.05) is 42.5 Å². The first kappa shape index (κ1) is 22.7. The molecular weight excluding hydrogens is 396 g/mol. The summed E-state index contributed by atoms with van der Waals surface area (Å²) in [5, 5.41) is 4.67. The molecule has 8 heteroatoms. The van der Waals surface area contributed by atoms with Gasteiger partial charge in [0.05, 0.1) is 25.2 Å². The fourth-order valence-electron chi connectivity index (χ4n) is 3.83. The fourth-order valence-corrected chi connectivity index (χ4v) is 3.83. The van der Waals surface area contributed by atoms with Gasteiger partial charge in [-0.2, -0.15) is 0 Å². The molecule has 31 heavy (non-hydrogen) atoms. The Bertz CT molecular complexity index is 917. The normalized spacial score (nSPS) is 19.0. The van der Waals surface area contributed by atoms with E-state index in [2.05, 4.69) is 21.1 Å². The van der Waals surface area contributed by atoms with Gasteiger partial charge < -0.3 is 10.1 Å². The second-order valence-electron chi connectivity index (χ2n) is 7.96. The maximum atomic E-state index is 12.2. The third kappa shape index (κ3) is 7.04. The zero-order valence-electron chi connectivity index (χ0n) is 18.0. The van der Waals surface area contributed by atoms with Gasteiger partial charge in [0.15, 0.2) is 0 Å². The molecule has 1 saturated heterocycles. The second kappa shape index (κ2) is 10.9. The minimum absolute atomic E-state index is 0.143. The lowest BCUT2D eigenvalue weighted by atomic mass is 10.0. The lowest BCUT2D eigenvalue weighted by Crippen LogP contribution is -2.49. The molecule has 1 aliphatic rings. The molecule has 8 nitrogen and oxygen atoms in total. The van der Waals surface area contributed by atoms with E-state index in [1.165, 1.54) is 0 Å². The molecule has 2 atom stereocenters. The van der Waals surface area contributed by atoms with Crippen LogP contribution in [-0.2, 0) is 25.5 Å². The standard InChI is InChI=1S/C23H30N4O4/c1-16-14-27(15-17(2)31-16)11-10-21(28)25-26-23(30)13-24-22(29)12-19-8-5-7-18-6-3-4-9-20(18)19/h3-9,16-17H,10-15H2,1-2H3,(H,24,29)(H,25,28)(H,26,30)/t16-,17-/m0/s1. The number of amides is 3. The Balaban J connectivity index is 1.35. The maximum Gasteiger partial charge on any atom is 0.257 e. The Morgan fingerprint density at radius 2 is 1.61 bits per heavy atom. The maximum absolute atomic E-state index is 12.2. The van der Waals surface area contributed by atoms with Crippen molar-refractivity contribution in [2.45, 2.75) is 38.9 Å². The molecule has 0 unspecified atom stereocenters.